The van der Waals surface area contributed by atoms with E-state index in [-0.39, 0.29) is 11.8 Å². The van der Waals surface area contributed by atoms with Crippen molar-refractivity contribution in [2.75, 3.05) is 0 Å². The number of amides is 1. The molecule has 0 fully saturated rings. The molecule has 0 N–H and O–H groups in total. The molecule has 0 bridgehead atoms. The molecule has 1 aliphatic carbocycles. The van der Waals surface area contributed by atoms with Crippen LogP contribution in [0, 0.1) is 5.92 Å². The van der Waals surface area contributed by atoms with Crippen LogP contribution in [-0.4, -0.2) is 18.0 Å². The summed E-state index contributed by atoms with van der Waals surface area (Å²) in [6.07, 6.45) is 6.75. The van der Waals surface area contributed by atoms with E-state index in [1.807, 2.05) is 12.2 Å². The van der Waals surface area contributed by atoms with Crippen LogP contribution in [0.25, 0.3) is 0 Å². The van der Waals surface area contributed by atoms with Crippen LogP contribution >= 0.6 is 15.9 Å². The fourth-order valence-electron chi connectivity index (χ4n) is 1.13. The van der Waals surface area contributed by atoms with Gasteiger partial charge in [0.25, 0.3) is 5.91 Å². The first-order chi connectivity index (χ1) is 5.77. The summed E-state index contributed by atoms with van der Waals surface area (Å²) in [6.45, 7) is 0. The summed E-state index contributed by atoms with van der Waals surface area (Å²) in [5.74, 6) is -0.413. The maximum absolute atomic E-state index is 11.2. The summed E-state index contributed by atoms with van der Waals surface area (Å²) in [5.41, 5.74) is 0.754. The Morgan fingerprint density at radius 3 is 3.17 bits per heavy atom. The van der Waals surface area contributed by atoms with Crippen molar-refractivity contribution in [1.82, 2.24) is 0 Å². The van der Waals surface area contributed by atoms with Crippen molar-refractivity contribution in [3.8, 4) is 0 Å². The van der Waals surface area contributed by atoms with Gasteiger partial charge in [0, 0.05) is 4.48 Å². The maximum atomic E-state index is 11.2. The first-order valence-corrected chi connectivity index (χ1v) is 4.26. The van der Waals surface area contributed by atoms with Crippen molar-refractivity contribution in [3.05, 3.63) is 22.7 Å². The third-order valence-electron chi connectivity index (χ3n) is 1.71. The Hall–Kier alpha value is -1.03. The third-order valence-corrected chi connectivity index (χ3v) is 2.20. The SMILES string of the molecule is O=C1N=CN=C2C=C(Br)C=CC12. The van der Waals surface area contributed by atoms with Crippen molar-refractivity contribution >= 4 is 33.9 Å². The Morgan fingerprint density at radius 2 is 2.33 bits per heavy atom. The van der Waals surface area contributed by atoms with Gasteiger partial charge < -0.3 is 0 Å². The second-order valence-corrected chi connectivity index (χ2v) is 3.42. The van der Waals surface area contributed by atoms with Crippen LogP contribution < -0.4 is 0 Å². The molecular formula is C8H5BrN2O. The molecule has 0 saturated carbocycles. The van der Waals surface area contributed by atoms with Crippen molar-refractivity contribution in [3.63, 3.8) is 0 Å². The second-order valence-electron chi connectivity index (χ2n) is 2.50. The van der Waals surface area contributed by atoms with Gasteiger partial charge in [0.05, 0.1) is 5.71 Å². The molecule has 2 rings (SSSR count). The summed E-state index contributed by atoms with van der Waals surface area (Å²) in [4.78, 5) is 18.8. The average Bonchev–Trinajstić information content (AvgIpc) is 2.04. The van der Waals surface area contributed by atoms with E-state index >= 15 is 0 Å². The molecule has 1 unspecified atom stereocenters. The largest absolute Gasteiger partial charge is 0.271 e. The topological polar surface area (TPSA) is 41.8 Å². The molecule has 0 aromatic rings. The van der Waals surface area contributed by atoms with Gasteiger partial charge in [-0.05, 0) is 6.08 Å². The Bertz CT molecular complexity index is 352. The molecule has 1 atom stereocenters. The zero-order chi connectivity index (χ0) is 8.55. The third kappa shape index (κ3) is 1.18. The molecule has 3 nitrogen and oxygen atoms in total. The molecule has 0 aromatic carbocycles. The summed E-state index contributed by atoms with van der Waals surface area (Å²) < 4.78 is 0.931. The van der Waals surface area contributed by atoms with E-state index in [1.165, 1.54) is 6.34 Å². The fraction of sp³-hybridized carbons (Fsp3) is 0.125. The van der Waals surface area contributed by atoms with Crippen LogP contribution in [0.15, 0.2) is 32.7 Å². The zero-order valence-corrected chi connectivity index (χ0v) is 7.65. The summed E-state index contributed by atoms with van der Waals surface area (Å²) in [6, 6.07) is 0. The maximum Gasteiger partial charge on any atom is 0.260 e. The minimum Gasteiger partial charge on any atom is -0.271 e. The van der Waals surface area contributed by atoms with Gasteiger partial charge in [-0.25, -0.2) is 9.98 Å². The van der Waals surface area contributed by atoms with Gasteiger partial charge in [0.1, 0.15) is 12.3 Å². The van der Waals surface area contributed by atoms with E-state index < -0.39 is 0 Å². The number of carbonyl (C=O) groups is 1. The molecule has 1 amide bonds. The number of aliphatic imine (C=N–C) groups is 2. The fourth-order valence-corrected chi connectivity index (χ4v) is 1.51. The molecule has 1 heterocycles. The molecule has 0 aromatic heterocycles. The van der Waals surface area contributed by atoms with E-state index in [0.717, 1.165) is 10.2 Å². The number of carbonyl (C=O) groups excluding carboxylic acids is 1. The van der Waals surface area contributed by atoms with Crippen molar-refractivity contribution < 1.29 is 4.79 Å². The molecule has 0 radical (unpaired) electrons. The number of fused-ring (bicyclic) bond motifs is 1. The number of hydrogen-bond acceptors (Lipinski definition) is 2. The standard InChI is InChI=1S/C8H5BrN2O/c9-5-1-2-6-7(3-5)10-4-11-8(6)12/h1-4,6H. The summed E-state index contributed by atoms with van der Waals surface area (Å²) in [7, 11) is 0. The van der Waals surface area contributed by atoms with E-state index in [9.17, 15) is 4.79 Å². The second kappa shape index (κ2) is 2.79. The number of rotatable bonds is 0. The van der Waals surface area contributed by atoms with Gasteiger partial charge in [0.2, 0.25) is 0 Å². The first-order valence-electron chi connectivity index (χ1n) is 3.47. The smallest absolute Gasteiger partial charge is 0.260 e. The number of hydrogen-bond donors (Lipinski definition) is 0. The van der Waals surface area contributed by atoms with Gasteiger partial charge >= 0.3 is 0 Å². The van der Waals surface area contributed by atoms with Crippen molar-refractivity contribution in [2.45, 2.75) is 0 Å². The van der Waals surface area contributed by atoms with E-state index in [4.69, 9.17) is 0 Å². The van der Waals surface area contributed by atoms with Crippen LogP contribution in [0.4, 0.5) is 0 Å². The predicted molar refractivity (Wildman–Crippen MR) is 50.6 cm³/mol. The molecule has 0 saturated heterocycles. The Morgan fingerprint density at radius 1 is 1.50 bits per heavy atom. The van der Waals surface area contributed by atoms with Gasteiger partial charge in [0.15, 0.2) is 0 Å². The quantitative estimate of drug-likeness (QED) is 0.615. The van der Waals surface area contributed by atoms with Crippen molar-refractivity contribution in [1.29, 1.82) is 0 Å². The molecule has 1 aliphatic heterocycles. The highest BCUT2D eigenvalue weighted by molar-refractivity contribution is 9.11. The first kappa shape index (κ1) is 7.61. The monoisotopic (exact) mass is 224 g/mol. The summed E-state index contributed by atoms with van der Waals surface area (Å²) >= 11 is 3.31. The van der Waals surface area contributed by atoms with E-state index in [1.54, 1.807) is 6.08 Å². The Labute approximate surface area is 77.7 Å². The zero-order valence-electron chi connectivity index (χ0n) is 6.07. The van der Waals surface area contributed by atoms with Gasteiger partial charge in [-0.15, -0.1) is 0 Å². The van der Waals surface area contributed by atoms with E-state index in [0.29, 0.717) is 0 Å². The minimum absolute atomic E-state index is 0.146. The number of halogens is 1. The lowest BCUT2D eigenvalue weighted by atomic mass is 9.97. The van der Waals surface area contributed by atoms with Gasteiger partial charge in [-0.2, -0.15) is 0 Å². The lowest BCUT2D eigenvalue weighted by Gasteiger charge is -2.14. The van der Waals surface area contributed by atoms with E-state index in [2.05, 4.69) is 25.9 Å². The Kier molecular flexibility index (Phi) is 1.77. The average molecular weight is 225 g/mol. The molecule has 60 valence electrons. The lowest BCUT2D eigenvalue weighted by molar-refractivity contribution is -0.118. The molecular weight excluding hydrogens is 220 g/mol. The molecule has 2 aliphatic rings. The van der Waals surface area contributed by atoms with Crippen LogP contribution in [-0.2, 0) is 4.79 Å². The van der Waals surface area contributed by atoms with Crippen LogP contribution in [0.1, 0.15) is 0 Å². The predicted octanol–water partition coefficient (Wildman–Crippen LogP) is 1.46. The van der Waals surface area contributed by atoms with Gasteiger partial charge in [-0.3, -0.25) is 4.79 Å². The highest BCUT2D eigenvalue weighted by Gasteiger charge is 2.24. The summed E-state index contributed by atoms with van der Waals surface area (Å²) in [5, 5.41) is 0. The number of allylic oxidation sites excluding steroid dienone is 3. The highest BCUT2D eigenvalue weighted by Crippen LogP contribution is 2.20. The highest BCUT2D eigenvalue weighted by atomic mass is 79.9. The van der Waals surface area contributed by atoms with Crippen LogP contribution in [0.3, 0.4) is 0 Å². The Balaban J connectivity index is 2.43. The van der Waals surface area contributed by atoms with Crippen LogP contribution in [0.2, 0.25) is 0 Å². The lowest BCUT2D eigenvalue weighted by Crippen LogP contribution is -2.24. The van der Waals surface area contributed by atoms with Crippen molar-refractivity contribution in [2.24, 2.45) is 15.9 Å². The minimum atomic E-state index is -0.267. The normalized spacial score (nSPS) is 26.4. The molecule has 0 spiro atoms. The number of nitrogens with zero attached hydrogens (tertiary/aromatic N) is 2. The molecule has 4 heteroatoms. The molecule has 12 heavy (non-hydrogen) atoms. The van der Waals surface area contributed by atoms with Gasteiger partial charge in [-0.1, -0.05) is 28.1 Å². The van der Waals surface area contributed by atoms with Crippen LogP contribution in [0.5, 0.6) is 0 Å².